The standard InChI is InChI=1S/C20H28N4O2/c1-12(2)24-17-5-4-13(3)18(20(25)26)19(17)15(22-24)10-21-16-11-23-8-6-14(16)7-9-23/h4-5,12,14,16,21H,6-11H2,1-3H3,(H,25,26). The van der Waals surface area contributed by atoms with Crippen LogP contribution >= 0.6 is 0 Å². The van der Waals surface area contributed by atoms with Crippen molar-refractivity contribution in [2.45, 2.75) is 52.2 Å². The van der Waals surface area contributed by atoms with Gasteiger partial charge in [-0.1, -0.05) is 6.07 Å². The number of fused-ring (bicyclic) bond motifs is 4. The molecule has 6 heteroatoms. The van der Waals surface area contributed by atoms with E-state index in [1.165, 1.54) is 25.9 Å². The molecule has 2 N–H and O–H groups in total. The molecule has 0 radical (unpaired) electrons. The highest BCUT2D eigenvalue weighted by Crippen LogP contribution is 2.30. The van der Waals surface area contributed by atoms with Crippen LogP contribution in [0, 0.1) is 12.8 Å². The number of nitrogens with one attached hydrogen (secondary N) is 1. The summed E-state index contributed by atoms with van der Waals surface area (Å²) in [6.45, 7) is 10.2. The average Bonchev–Trinajstić information content (AvgIpc) is 2.99. The molecule has 3 aliphatic heterocycles. The lowest BCUT2D eigenvalue weighted by atomic mass is 9.84. The highest BCUT2D eigenvalue weighted by atomic mass is 16.4. The summed E-state index contributed by atoms with van der Waals surface area (Å²) in [5.41, 5.74) is 2.94. The van der Waals surface area contributed by atoms with Gasteiger partial charge in [0.2, 0.25) is 0 Å². The zero-order valence-electron chi connectivity index (χ0n) is 15.8. The quantitative estimate of drug-likeness (QED) is 0.862. The number of piperidine rings is 3. The minimum absolute atomic E-state index is 0.187. The van der Waals surface area contributed by atoms with Gasteiger partial charge in [0.25, 0.3) is 0 Å². The van der Waals surface area contributed by atoms with Gasteiger partial charge in [-0.15, -0.1) is 0 Å². The van der Waals surface area contributed by atoms with E-state index in [-0.39, 0.29) is 6.04 Å². The highest BCUT2D eigenvalue weighted by molar-refractivity contribution is 6.05. The first kappa shape index (κ1) is 17.5. The molecule has 0 spiro atoms. The lowest BCUT2D eigenvalue weighted by molar-refractivity contribution is 0.0697. The van der Waals surface area contributed by atoms with Crippen LogP contribution in [-0.4, -0.2) is 51.4 Å². The lowest BCUT2D eigenvalue weighted by Crippen LogP contribution is -2.55. The average molecular weight is 356 g/mol. The molecule has 3 saturated heterocycles. The molecule has 1 aromatic heterocycles. The normalized spacial score (nSPS) is 25.3. The molecule has 1 aromatic carbocycles. The lowest BCUT2D eigenvalue weighted by Gasteiger charge is -2.45. The maximum atomic E-state index is 11.9. The van der Waals surface area contributed by atoms with Gasteiger partial charge in [-0.25, -0.2) is 4.79 Å². The molecule has 2 bridgehead atoms. The molecule has 3 aliphatic rings. The van der Waals surface area contributed by atoms with Gasteiger partial charge in [-0.3, -0.25) is 4.68 Å². The zero-order valence-corrected chi connectivity index (χ0v) is 15.8. The Labute approximate surface area is 154 Å². The van der Waals surface area contributed by atoms with Crippen LogP contribution in [0.4, 0.5) is 0 Å². The van der Waals surface area contributed by atoms with E-state index < -0.39 is 5.97 Å². The van der Waals surface area contributed by atoms with E-state index >= 15 is 0 Å². The number of hydrogen-bond acceptors (Lipinski definition) is 4. The molecule has 0 saturated carbocycles. The topological polar surface area (TPSA) is 70.4 Å². The fourth-order valence-corrected chi connectivity index (χ4v) is 4.63. The van der Waals surface area contributed by atoms with Gasteiger partial charge in [0.1, 0.15) is 0 Å². The van der Waals surface area contributed by atoms with E-state index in [0.717, 1.165) is 34.6 Å². The van der Waals surface area contributed by atoms with E-state index in [1.54, 1.807) is 0 Å². The Bertz CT molecular complexity index is 834. The van der Waals surface area contributed by atoms with Crippen molar-refractivity contribution in [3.63, 3.8) is 0 Å². The van der Waals surface area contributed by atoms with Crippen LogP contribution < -0.4 is 5.32 Å². The molecule has 6 nitrogen and oxygen atoms in total. The molecular formula is C20H28N4O2. The van der Waals surface area contributed by atoms with Gasteiger partial charge < -0.3 is 15.3 Å². The maximum Gasteiger partial charge on any atom is 0.336 e. The number of carboxylic acids is 1. The minimum atomic E-state index is -0.875. The van der Waals surface area contributed by atoms with Crippen molar-refractivity contribution >= 4 is 16.9 Å². The van der Waals surface area contributed by atoms with Crippen molar-refractivity contribution in [3.8, 4) is 0 Å². The Hall–Kier alpha value is -1.92. The molecule has 1 atom stereocenters. The van der Waals surface area contributed by atoms with E-state index in [0.29, 0.717) is 18.2 Å². The zero-order chi connectivity index (χ0) is 18.4. The number of nitrogens with zero attached hydrogens (tertiary/aromatic N) is 3. The van der Waals surface area contributed by atoms with Crippen LogP contribution in [0.2, 0.25) is 0 Å². The van der Waals surface area contributed by atoms with Crippen molar-refractivity contribution in [1.82, 2.24) is 20.0 Å². The van der Waals surface area contributed by atoms with E-state index in [4.69, 9.17) is 5.10 Å². The van der Waals surface area contributed by atoms with Crippen LogP contribution in [0.25, 0.3) is 10.9 Å². The van der Waals surface area contributed by atoms with Crippen LogP contribution in [0.5, 0.6) is 0 Å². The number of aryl methyl sites for hydroxylation is 1. The van der Waals surface area contributed by atoms with E-state index in [2.05, 4.69) is 24.1 Å². The molecule has 0 amide bonds. The summed E-state index contributed by atoms with van der Waals surface area (Å²) >= 11 is 0. The van der Waals surface area contributed by atoms with Gasteiger partial charge in [0.05, 0.1) is 16.8 Å². The van der Waals surface area contributed by atoms with E-state index in [9.17, 15) is 9.90 Å². The second-order valence-corrected chi connectivity index (χ2v) is 8.07. The third-order valence-corrected chi connectivity index (χ3v) is 6.05. The molecule has 26 heavy (non-hydrogen) atoms. The Balaban J connectivity index is 1.69. The van der Waals surface area contributed by atoms with Gasteiger partial charge in [0.15, 0.2) is 0 Å². The number of rotatable bonds is 5. The van der Waals surface area contributed by atoms with Crippen molar-refractivity contribution in [1.29, 1.82) is 0 Å². The molecule has 0 aliphatic carbocycles. The van der Waals surface area contributed by atoms with Gasteiger partial charge in [-0.05, 0) is 64.3 Å². The molecular weight excluding hydrogens is 328 g/mol. The SMILES string of the molecule is Cc1ccc2c(c(CNC3CN4CCC3CC4)nn2C(C)C)c1C(=O)O. The second-order valence-electron chi connectivity index (χ2n) is 8.07. The Morgan fingerprint density at radius 3 is 2.65 bits per heavy atom. The fraction of sp³-hybridized carbons (Fsp3) is 0.600. The number of carbonyl (C=O) groups is 1. The summed E-state index contributed by atoms with van der Waals surface area (Å²) in [7, 11) is 0. The van der Waals surface area contributed by atoms with E-state index in [1.807, 2.05) is 23.7 Å². The second kappa shape index (κ2) is 6.67. The summed E-state index contributed by atoms with van der Waals surface area (Å²) < 4.78 is 1.95. The first-order chi connectivity index (χ1) is 12.5. The third-order valence-electron chi connectivity index (χ3n) is 6.05. The summed E-state index contributed by atoms with van der Waals surface area (Å²) in [5, 5.41) is 19.1. The molecule has 140 valence electrons. The third kappa shape index (κ3) is 2.91. The number of hydrogen-bond donors (Lipinski definition) is 2. The van der Waals surface area contributed by atoms with Crippen LogP contribution in [0.3, 0.4) is 0 Å². The molecule has 5 rings (SSSR count). The summed E-state index contributed by atoms with van der Waals surface area (Å²) in [6, 6.07) is 4.56. The molecule has 1 unspecified atom stereocenters. The largest absolute Gasteiger partial charge is 0.478 e. The van der Waals surface area contributed by atoms with Gasteiger partial charge in [0, 0.05) is 30.6 Å². The first-order valence-corrected chi connectivity index (χ1v) is 9.65. The Morgan fingerprint density at radius 2 is 2.08 bits per heavy atom. The minimum Gasteiger partial charge on any atom is -0.478 e. The van der Waals surface area contributed by atoms with Gasteiger partial charge >= 0.3 is 5.97 Å². The van der Waals surface area contributed by atoms with Crippen LogP contribution in [0.15, 0.2) is 12.1 Å². The summed E-state index contributed by atoms with van der Waals surface area (Å²) in [5.74, 6) is -0.139. The Kier molecular flexibility index (Phi) is 4.49. The predicted molar refractivity (Wildman–Crippen MR) is 102 cm³/mol. The smallest absolute Gasteiger partial charge is 0.336 e. The van der Waals surface area contributed by atoms with Gasteiger partial charge in [-0.2, -0.15) is 5.10 Å². The summed E-state index contributed by atoms with van der Waals surface area (Å²) in [4.78, 5) is 14.4. The van der Waals surface area contributed by atoms with Crippen LogP contribution in [0.1, 0.15) is 54.3 Å². The molecule has 4 heterocycles. The monoisotopic (exact) mass is 356 g/mol. The highest BCUT2D eigenvalue weighted by Gasteiger charge is 2.34. The predicted octanol–water partition coefficient (Wildman–Crippen LogP) is 2.81. The van der Waals surface area contributed by atoms with Crippen molar-refractivity contribution in [3.05, 3.63) is 29.0 Å². The fourth-order valence-electron chi connectivity index (χ4n) is 4.63. The number of carboxylic acid groups (broad SMARTS) is 1. The molecule has 3 fully saturated rings. The van der Waals surface area contributed by atoms with Crippen molar-refractivity contribution in [2.75, 3.05) is 19.6 Å². The van der Waals surface area contributed by atoms with Crippen molar-refractivity contribution < 1.29 is 9.90 Å². The number of aromatic carboxylic acids is 1. The molecule has 2 aromatic rings. The van der Waals surface area contributed by atoms with Crippen molar-refractivity contribution in [2.24, 2.45) is 5.92 Å². The number of benzene rings is 1. The van der Waals surface area contributed by atoms with Crippen LogP contribution in [-0.2, 0) is 6.54 Å². The number of aromatic nitrogens is 2. The Morgan fingerprint density at radius 1 is 1.35 bits per heavy atom. The maximum absolute atomic E-state index is 11.9. The first-order valence-electron chi connectivity index (χ1n) is 9.65. The summed E-state index contributed by atoms with van der Waals surface area (Å²) in [6.07, 6.45) is 2.52.